The maximum Gasteiger partial charge on any atom is 0.507 e. The van der Waals surface area contributed by atoms with Gasteiger partial charge in [-0.1, -0.05) is 5.10 Å². The van der Waals surface area contributed by atoms with Crippen molar-refractivity contribution in [2.75, 3.05) is 22.9 Å². The van der Waals surface area contributed by atoms with Gasteiger partial charge >= 0.3 is 30.5 Å². The third-order valence-corrected chi connectivity index (χ3v) is 8.75. The van der Waals surface area contributed by atoms with Crippen LogP contribution in [0, 0.1) is 11.8 Å². The Hall–Kier alpha value is -4.52. The van der Waals surface area contributed by atoms with Crippen LogP contribution in [-0.2, 0) is 37.3 Å². The van der Waals surface area contributed by atoms with Gasteiger partial charge in [-0.15, -0.1) is 5.10 Å². The van der Waals surface area contributed by atoms with Gasteiger partial charge in [0.15, 0.2) is 11.5 Å². The Morgan fingerprint density at radius 3 is 1.90 bits per heavy atom. The summed E-state index contributed by atoms with van der Waals surface area (Å²) in [6.45, 7) is 1.14. The lowest BCUT2D eigenvalue weighted by atomic mass is 9.80. The number of hydrogen-bond donors (Lipinski definition) is 1. The van der Waals surface area contributed by atoms with E-state index in [1.165, 1.54) is 7.05 Å². The molecule has 1 saturated carbocycles. The van der Waals surface area contributed by atoms with Crippen LogP contribution in [0.3, 0.4) is 0 Å². The monoisotopic (exact) mass is 742 g/mol. The third kappa shape index (κ3) is 8.69. The van der Waals surface area contributed by atoms with Gasteiger partial charge in [0.2, 0.25) is 0 Å². The van der Waals surface area contributed by atoms with Crippen molar-refractivity contribution < 1.29 is 63.3 Å². The number of carbonyl (C=O) groups is 1. The number of ether oxygens (including phenoxy) is 2. The summed E-state index contributed by atoms with van der Waals surface area (Å²) < 4.78 is 148. The highest BCUT2D eigenvalue weighted by molar-refractivity contribution is 5.67. The highest BCUT2D eigenvalue weighted by atomic mass is 19.4. The van der Waals surface area contributed by atoms with Crippen molar-refractivity contribution in [2.45, 2.75) is 76.7 Å². The van der Waals surface area contributed by atoms with Crippen LogP contribution in [0.25, 0.3) is 0 Å². The number of aromatic nitrogens is 4. The number of halogens is 10. The summed E-state index contributed by atoms with van der Waals surface area (Å²) in [6, 6.07) is 3.05. The summed E-state index contributed by atoms with van der Waals surface area (Å²) >= 11 is 0. The number of tetrazole rings is 1. The lowest BCUT2D eigenvalue weighted by molar-refractivity contribution is -0.391. The number of alkyl halides is 10. The SMILES string of the molecule is CCN(C[C@H]1CC[C@H](CC(=O)O)CC1)c1cc2c(cc1CN(Cc1cc(C(F)(F)F)cc(C(F)(F)F)c1)c1nnn(C)n1)OC(F)(F)C(F)(F)O2. The van der Waals surface area contributed by atoms with E-state index >= 15 is 0 Å². The van der Waals surface area contributed by atoms with Crippen molar-refractivity contribution in [3.8, 4) is 11.5 Å². The van der Waals surface area contributed by atoms with Crippen molar-refractivity contribution in [1.29, 1.82) is 0 Å². The first kappa shape index (κ1) is 37.7. The second-order valence-corrected chi connectivity index (χ2v) is 12.5. The molecule has 0 atom stereocenters. The molecule has 3 aromatic rings. The summed E-state index contributed by atoms with van der Waals surface area (Å²) in [7, 11) is 1.35. The second kappa shape index (κ2) is 13.9. The summed E-state index contributed by atoms with van der Waals surface area (Å²) in [5.74, 6) is -2.72. The van der Waals surface area contributed by atoms with Gasteiger partial charge in [0, 0.05) is 44.4 Å². The number of aliphatic carboxylic acids is 1. The standard InChI is InChI=1S/C31H32F10N6O4/c1-3-46(14-18-6-4-17(5-7-18)10-26(48)49)23-13-25-24(50-30(38,39)31(40,41)51-25)11-20(23)16-47(27-42-44-45(2)43-27)15-19-8-21(28(32,33)34)12-22(9-19)29(35,36)37/h8-9,11-13,17-18H,3-7,10,14-16H2,1-2H3,(H,48,49)/t17-,18-. The van der Waals surface area contributed by atoms with E-state index in [2.05, 4.69) is 24.9 Å². The zero-order chi connectivity index (χ0) is 37.5. The second-order valence-electron chi connectivity index (χ2n) is 12.5. The van der Waals surface area contributed by atoms with Gasteiger partial charge in [-0.2, -0.15) is 48.7 Å². The fraction of sp³-hybridized carbons (Fsp3) is 0.548. The minimum Gasteiger partial charge on any atom is -0.481 e. The molecule has 1 aliphatic heterocycles. The van der Waals surface area contributed by atoms with Crippen LogP contribution < -0.4 is 19.3 Å². The molecule has 10 nitrogen and oxygen atoms in total. The van der Waals surface area contributed by atoms with Crippen molar-refractivity contribution in [2.24, 2.45) is 18.9 Å². The summed E-state index contributed by atoms with van der Waals surface area (Å²) in [4.78, 5) is 15.0. The van der Waals surface area contributed by atoms with Gasteiger partial charge in [0.1, 0.15) is 0 Å². The predicted molar refractivity (Wildman–Crippen MR) is 158 cm³/mol. The Bertz CT molecular complexity index is 1690. The molecule has 2 heterocycles. The number of aryl methyl sites for hydroxylation is 1. The van der Waals surface area contributed by atoms with Crippen LogP contribution in [0.1, 0.15) is 61.3 Å². The molecule has 2 aromatic carbocycles. The van der Waals surface area contributed by atoms with Gasteiger partial charge in [0.25, 0.3) is 5.95 Å². The normalized spacial score (nSPS) is 19.8. The topological polar surface area (TPSA) is 106 Å². The molecule has 0 saturated heterocycles. The highest BCUT2D eigenvalue weighted by Crippen LogP contribution is 2.49. The number of anilines is 2. The summed E-state index contributed by atoms with van der Waals surface area (Å²) in [5.41, 5.74) is -3.35. The van der Waals surface area contributed by atoms with E-state index in [1.807, 2.05) is 0 Å². The minimum absolute atomic E-state index is 0.00507. The fourth-order valence-electron chi connectivity index (χ4n) is 6.28. The molecule has 2 aliphatic rings. The number of rotatable bonds is 11. The molecule has 1 aromatic heterocycles. The van der Waals surface area contributed by atoms with Crippen LogP contribution in [0.15, 0.2) is 30.3 Å². The van der Waals surface area contributed by atoms with Crippen LogP contribution >= 0.6 is 0 Å². The average Bonchev–Trinajstić information content (AvgIpc) is 3.45. The maximum atomic E-state index is 14.3. The molecular weight excluding hydrogens is 710 g/mol. The van der Waals surface area contributed by atoms with Crippen LogP contribution in [0.4, 0.5) is 55.5 Å². The van der Waals surface area contributed by atoms with E-state index in [0.717, 1.165) is 21.8 Å². The van der Waals surface area contributed by atoms with Crippen LogP contribution in [-0.4, -0.2) is 56.6 Å². The van der Waals surface area contributed by atoms with Gasteiger partial charge < -0.3 is 24.4 Å². The minimum atomic E-state index is -5.14. The number of fused-ring (bicyclic) bond motifs is 1. The molecule has 5 rings (SSSR count). The Balaban J connectivity index is 1.56. The molecule has 280 valence electrons. The molecular formula is C31H32F10N6O4. The van der Waals surface area contributed by atoms with Crippen molar-refractivity contribution in [1.82, 2.24) is 20.2 Å². The zero-order valence-corrected chi connectivity index (χ0v) is 27.0. The lowest BCUT2D eigenvalue weighted by Gasteiger charge is -2.36. The van der Waals surface area contributed by atoms with E-state index < -0.39 is 71.8 Å². The highest BCUT2D eigenvalue weighted by Gasteiger charge is 2.66. The first-order valence-electron chi connectivity index (χ1n) is 15.7. The van der Waals surface area contributed by atoms with Gasteiger partial charge in [-0.25, -0.2) is 0 Å². The number of carboxylic acid groups (broad SMARTS) is 1. The van der Waals surface area contributed by atoms with E-state index in [0.29, 0.717) is 44.4 Å². The smallest absolute Gasteiger partial charge is 0.481 e. The first-order chi connectivity index (χ1) is 23.6. The van der Waals surface area contributed by atoms with Crippen molar-refractivity contribution in [3.63, 3.8) is 0 Å². The quantitative estimate of drug-likeness (QED) is 0.200. The molecule has 1 aliphatic carbocycles. The molecule has 0 amide bonds. The molecule has 20 heteroatoms. The first-order valence-corrected chi connectivity index (χ1v) is 15.7. The molecule has 0 radical (unpaired) electrons. The van der Waals surface area contributed by atoms with Crippen molar-refractivity contribution in [3.05, 3.63) is 52.6 Å². The Morgan fingerprint density at radius 1 is 0.863 bits per heavy atom. The van der Waals surface area contributed by atoms with Crippen LogP contribution in [0.5, 0.6) is 11.5 Å². The Morgan fingerprint density at radius 2 is 1.41 bits per heavy atom. The Kier molecular flexibility index (Phi) is 10.3. The van der Waals surface area contributed by atoms with E-state index in [9.17, 15) is 48.7 Å². The third-order valence-electron chi connectivity index (χ3n) is 8.75. The molecule has 51 heavy (non-hydrogen) atoms. The fourth-order valence-corrected chi connectivity index (χ4v) is 6.28. The molecule has 1 fully saturated rings. The van der Waals surface area contributed by atoms with Crippen molar-refractivity contribution >= 4 is 17.6 Å². The number of benzene rings is 2. The van der Waals surface area contributed by atoms with Gasteiger partial charge in [-0.05, 0) is 85.0 Å². The maximum absolute atomic E-state index is 14.3. The molecule has 0 bridgehead atoms. The predicted octanol–water partition coefficient (Wildman–Crippen LogP) is 7.52. The van der Waals surface area contributed by atoms with Gasteiger partial charge in [-0.3, -0.25) is 4.79 Å². The molecule has 0 unspecified atom stereocenters. The lowest BCUT2D eigenvalue weighted by Crippen LogP contribution is -2.52. The Labute approximate surface area is 283 Å². The van der Waals surface area contributed by atoms with E-state index in [1.54, 1.807) is 11.8 Å². The summed E-state index contributed by atoms with van der Waals surface area (Å²) in [5, 5.41) is 20.7. The van der Waals surface area contributed by atoms with E-state index in [-0.39, 0.29) is 48.1 Å². The van der Waals surface area contributed by atoms with E-state index in [4.69, 9.17) is 5.11 Å². The average molecular weight is 743 g/mol. The number of hydrogen-bond acceptors (Lipinski definition) is 8. The number of nitrogens with zero attached hydrogens (tertiary/aromatic N) is 6. The van der Waals surface area contributed by atoms with Gasteiger partial charge in [0.05, 0.1) is 18.2 Å². The molecule has 0 spiro atoms. The number of carboxylic acids is 1. The zero-order valence-electron chi connectivity index (χ0n) is 27.0. The largest absolute Gasteiger partial charge is 0.507 e. The summed E-state index contributed by atoms with van der Waals surface area (Å²) in [6.07, 6.45) is -17.9. The molecule has 1 N–H and O–H groups in total. The van der Waals surface area contributed by atoms with Crippen LogP contribution in [0.2, 0.25) is 0 Å².